The van der Waals surface area contributed by atoms with Crippen LogP contribution in [-0.2, 0) is 0 Å². The van der Waals surface area contributed by atoms with E-state index in [1.54, 1.807) is 11.3 Å². The molecule has 1 saturated heterocycles. The Morgan fingerprint density at radius 1 is 1.47 bits per heavy atom. The van der Waals surface area contributed by atoms with Crippen molar-refractivity contribution in [3.05, 3.63) is 22.4 Å². The standard InChI is InChI=1S/C14H24N2S/c1-4-14(2,16-8-5-6-9-16)13(15-3)12-7-10-17-11-12/h7,10-11,13,15H,4-6,8-9H2,1-3H3. The normalized spacial score (nSPS) is 22.5. The smallest absolute Gasteiger partial charge is 0.0510 e. The number of thiophene rings is 1. The molecule has 0 radical (unpaired) electrons. The van der Waals surface area contributed by atoms with E-state index in [0.717, 1.165) is 0 Å². The van der Waals surface area contributed by atoms with Crippen LogP contribution in [0.15, 0.2) is 16.8 Å². The summed E-state index contributed by atoms with van der Waals surface area (Å²) in [5, 5.41) is 8.00. The summed E-state index contributed by atoms with van der Waals surface area (Å²) in [6.07, 6.45) is 3.90. The minimum atomic E-state index is 0.242. The van der Waals surface area contributed by atoms with E-state index >= 15 is 0 Å². The molecule has 1 aromatic heterocycles. The molecular weight excluding hydrogens is 228 g/mol. The molecule has 0 aliphatic carbocycles. The molecule has 0 amide bonds. The third-order valence-corrected chi connectivity index (χ3v) is 5.03. The second-order valence-electron chi connectivity index (χ2n) is 5.18. The van der Waals surface area contributed by atoms with Gasteiger partial charge in [0.25, 0.3) is 0 Å². The van der Waals surface area contributed by atoms with Gasteiger partial charge in [-0.05, 0) is 68.7 Å². The molecule has 0 bridgehead atoms. The maximum Gasteiger partial charge on any atom is 0.0510 e. The van der Waals surface area contributed by atoms with Crippen molar-refractivity contribution in [1.29, 1.82) is 0 Å². The topological polar surface area (TPSA) is 15.3 Å². The predicted molar refractivity (Wildman–Crippen MR) is 75.6 cm³/mol. The van der Waals surface area contributed by atoms with Crippen molar-refractivity contribution in [2.75, 3.05) is 20.1 Å². The summed E-state index contributed by atoms with van der Waals surface area (Å²) in [6, 6.07) is 2.70. The maximum atomic E-state index is 3.54. The molecule has 3 heteroatoms. The molecule has 2 heterocycles. The SMILES string of the molecule is CCC(C)(C(NC)c1ccsc1)N1CCCC1. The molecule has 1 fully saturated rings. The predicted octanol–water partition coefficient (Wildman–Crippen LogP) is 3.27. The summed E-state index contributed by atoms with van der Waals surface area (Å²) in [5.74, 6) is 0. The van der Waals surface area contributed by atoms with Gasteiger partial charge in [-0.1, -0.05) is 6.92 Å². The van der Waals surface area contributed by atoms with Gasteiger partial charge in [0.05, 0.1) is 6.04 Å². The van der Waals surface area contributed by atoms with Crippen molar-refractivity contribution in [2.24, 2.45) is 0 Å². The van der Waals surface area contributed by atoms with Gasteiger partial charge < -0.3 is 5.32 Å². The molecule has 1 aliphatic rings. The highest BCUT2D eigenvalue weighted by atomic mass is 32.1. The molecule has 2 rings (SSSR count). The Kier molecular flexibility index (Phi) is 4.23. The maximum absolute atomic E-state index is 3.54. The van der Waals surface area contributed by atoms with Gasteiger partial charge in [0, 0.05) is 5.54 Å². The molecule has 0 aromatic carbocycles. The van der Waals surface area contributed by atoms with Crippen LogP contribution in [0.5, 0.6) is 0 Å². The Morgan fingerprint density at radius 2 is 2.18 bits per heavy atom. The van der Waals surface area contributed by atoms with Crippen LogP contribution in [0.3, 0.4) is 0 Å². The third-order valence-electron chi connectivity index (χ3n) is 4.33. The van der Waals surface area contributed by atoms with E-state index in [4.69, 9.17) is 0 Å². The molecule has 96 valence electrons. The first-order valence-electron chi connectivity index (χ1n) is 6.66. The molecular formula is C14H24N2S. The van der Waals surface area contributed by atoms with Gasteiger partial charge in [-0.3, -0.25) is 4.90 Å². The second-order valence-corrected chi connectivity index (χ2v) is 5.96. The van der Waals surface area contributed by atoms with Crippen LogP contribution in [0.1, 0.15) is 44.7 Å². The van der Waals surface area contributed by atoms with E-state index in [1.807, 2.05) is 0 Å². The first-order valence-corrected chi connectivity index (χ1v) is 7.61. The van der Waals surface area contributed by atoms with Gasteiger partial charge in [-0.25, -0.2) is 0 Å². The quantitative estimate of drug-likeness (QED) is 0.865. The Morgan fingerprint density at radius 3 is 2.65 bits per heavy atom. The van der Waals surface area contributed by atoms with Crippen molar-refractivity contribution in [2.45, 2.75) is 44.7 Å². The lowest BCUT2D eigenvalue weighted by Crippen LogP contribution is -2.52. The third kappa shape index (κ3) is 2.42. The van der Waals surface area contributed by atoms with Crippen LogP contribution in [0.4, 0.5) is 0 Å². The number of likely N-dealkylation sites (N-methyl/N-ethyl adjacent to an activating group) is 1. The summed E-state index contributed by atoms with van der Waals surface area (Å²) in [4.78, 5) is 2.67. The first kappa shape index (κ1) is 13.1. The minimum Gasteiger partial charge on any atom is -0.311 e. The lowest BCUT2D eigenvalue weighted by atomic mass is 9.84. The van der Waals surface area contributed by atoms with Gasteiger partial charge in [-0.2, -0.15) is 11.3 Å². The fourth-order valence-corrected chi connectivity index (χ4v) is 3.80. The molecule has 0 spiro atoms. The fourth-order valence-electron chi connectivity index (χ4n) is 3.11. The van der Waals surface area contributed by atoms with Crippen LogP contribution in [0.2, 0.25) is 0 Å². The summed E-state index contributed by atoms with van der Waals surface area (Å²) < 4.78 is 0. The number of likely N-dealkylation sites (tertiary alicyclic amines) is 1. The van der Waals surface area contributed by atoms with Crippen molar-refractivity contribution >= 4 is 11.3 Å². The van der Waals surface area contributed by atoms with Crippen molar-refractivity contribution < 1.29 is 0 Å². The zero-order valence-corrected chi connectivity index (χ0v) is 12.0. The molecule has 17 heavy (non-hydrogen) atoms. The Labute approximate surface area is 109 Å². The van der Waals surface area contributed by atoms with Crippen LogP contribution in [0.25, 0.3) is 0 Å². The highest BCUT2D eigenvalue weighted by molar-refractivity contribution is 7.07. The van der Waals surface area contributed by atoms with Crippen molar-refractivity contribution in [3.8, 4) is 0 Å². The van der Waals surface area contributed by atoms with E-state index in [2.05, 4.69) is 47.9 Å². The molecule has 2 unspecified atom stereocenters. The monoisotopic (exact) mass is 252 g/mol. The molecule has 2 nitrogen and oxygen atoms in total. The zero-order chi connectivity index (χ0) is 12.3. The van der Waals surface area contributed by atoms with Gasteiger partial charge in [0.15, 0.2) is 0 Å². The molecule has 1 aliphatic heterocycles. The van der Waals surface area contributed by atoms with E-state index < -0.39 is 0 Å². The van der Waals surface area contributed by atoms with Gasteiger partial charge in [-0.15, -0.1) is 0 Å². The highest BCUT2D eigenvalue weighted by Crippen LogP contribution is 2.36. The van der Waals surface area contributed by atoms with Gasteiger partial charge in [0.1, 0.15) is 0 Å². The summed E-state index contributed by atoms with van der Waals surface area (Å²) in [7, 11) is 2.09. The number of nitrogens with one attached hydrogen (secondary N) is 1. The van der Waals surface area contributed by atoms with Gasteiger partial charge in [0.2, 0.25) is 0 Å². The Bertz CT molecular complexity index is 330. The molecule has 2 atom stereocenters. The average Bonchev–Trinajstić information content (AvgIpc) is 3.02. The van der Waals surface area contributed by atoms with Crippen molar-refractivity contribution in [1.82, 2.24) is 10.2 Å². The Hall–Kier alpha value is -0.380. The van der Waals surface area contributed by atoms with E-state index in [-0.39, 0.29) is 5.54 Å². The first-order chi connectivity index (χ1) is 8.22. The van der Waals surface area contributed by atoms with E-state index in [1.165, 1.54) is 37.9 Å². The van der Waals surface area contributed by atoms with Crippen LogP contribution in [0, 0.1) is 0 Å². The van der Waals surface area contributed by atoms with Crippen molar-refractivity contribution in [3.63, 3.8) is 0 Å². The number of hydrogen-bond acceptors (Lipinski definition) is 3. The average molecular weight is 252 g/mol. The molecule has 0 saturated carbocycles. The van der Waals surface area contributed by atoms with Crippen LogP contribution >= 0.6 is 11.3 Å². The summed E-state index contributed by atoms with van der Waals surface area (Å²) >= 11 is 1.79. The molecule has 1 aromatic rings. The molecule has 1 N–H and O–H groups in total. The van der Waals surface area contributed by atoms with E-state index in [9.17, 15) is 0 Å². The van der Waals surface area contributed by atoms with E-state index in [0.29, 0.717) is 6.04 Å². The number of hydrogen-bond donors (Lipinski definition) is 1. The van der Waals surface area contributed by atoms with Crippen LogP contribution in [-0.4, -0.2) is 30.6 Å². The fraction of sp³-hybridized carbons (Fsp3) is 0.714. The lowest BCUT2D eigenvalue weighted by Gasteiger charge is -2.44. The lowest BCUT2D eigenvalue weighted by molar-refractivity contribution is 0.0875. The highest BCUT2D eigenvalue weighted by Gasteiger charge is 2.39. The summed E-state index contributed by atoms with van der Waals surface area (Å²) in [5.41, 5.74) is 1.68. The Balaban J connectivity index is 2.25. The zero-order valence-electron chi connectivity index (χ0n) is 11.2. The van der Waals surface area contributed by atoms with Crippen LogP contribution < -0.4 is 5.32 Å². The number of nitrogens with zero attached hydrogens (tertiary/aromatic N) is 1. The second kappa shape index (κ2) is 5.51. The van der Waals surface area contributed by atoms with Gasteiger partial charge >= 0.3 is 0 Å². The largest absolute Gasteiger partial charge is 0.311 e. The summed E-state index contributed by atoms with van der Waals surface area (Å²) in [6.45, 7) is 7.24. The number of rotatable bonds is 5. The minimum absolute atomic E-state index is 0.242.